The van der Waals surface area contributed by atoms with Crippen molar-refractivity contribution in [2.75, 3.05) is 17.2 Å². The van der Waals surface area contributed by atoms with Crippen LogP contribution in [0.1, 0.15) is 31.9 Å². The van der Waals surface area contributed by atoms with Gasteiger partial charge in [0.1, 0.15) is 16.5 Å². The Balaban J connectivity index is 2.15. The van der Waals surface area contributed by atoms with E-state index in [-0.39, 0.29) is 12.4 Å². The molecule has 1 aromatic heterocycles. The van der Waals surface area contributed by atoms with Gasteiger partial charge in [-0.05, 0) is 65.9 Å². The molecule has 0 radical (unpaired) electrons. The fourth-order valence-corrected chi connectivity index (χ4v) is 6.01. The molecule has 3 aromatic rings. The summed E-state index contributed by atoms with van der Waals surface area (Å²) < 4.78 is 75.5. The van der Waals surface area contributed by atoms with Crippen molar-refractivity contribution < 1.29 is 31.1 Å². The number of nitrogens with zero attached hydrogens (tertiary/aromatic N) is 1. The Morgan fingerprint density at radius 3 is 2.24 bits per heavy atom. The van der Waals surface area contributed by atoms with Crippen LogP contribution in [0.4, 0.5) is 23.9 Å². The minimum Gasteiger partial charge on any atom is -0.494 e. The van der Waals surface area contributed by atoms with Crippen LogP contribution in [0.2, 0.25) is 0 Å². The van der Waals surface area contributed by atoms with Crippen molar-refractivity contribution in [2.45, 2.75) is 32.5 Å². The first-order valence-electron chi connectivity index (χ1n) is 10.1. The Hall–Kier alpha value is -2.24. The van der Waals surface area contributed by atoms with E-state index in [0.717, 1.165) is 6.26 Å². The average molecular weight is 578 g/mol. The second-order valence-corrected chi connectivity index (χ2v) is 11.6. The van der Waals surface area contributed by atoms with E-state index in [9.17, 15) is 21.6 Å². The summed E-state index contributed by atoms with van der Waals surface area (Å²) in [4.78, 5) is 0. The molecular formula is C23H23BrF3NO4S2. The second-order valence-electron chi connectivity index (χ2n) is 7.98. The molecule has 0 aliphatic rings. The fraction of sp³-hybridized carbons (Fsp3) is 0.304. The van der Waals surface area contributed by atoms with E-state index < -0.39 is 27.6 Å². The van der Waals surface area contributed by atoms with Gasteiger partial charge < -0.3 is 9.47 Å². The molecule has 0 saturated heterocycles. The van der Waals surface area contributed by atoms with Crippen LogP contribution in [0.3, 0.4) is 0 Å². The summed E-state index contributed by atoms with van der Waals surface area (Å²) in [6.45, 7) is 5.65. The molecule has 0 fully saturated rings. The number of hydrogen-bond acceptors (Lipinski definition) is 5. The first-order valence-corrected chi connectivity index (χ1v) is 13.6. The predicted molar refractivity (Wildman–Crippen MR) is 132 cm³/mol. The van der Waals surface area contributed by atoms with Gasteiger partial charge in [0.05, 0.1) is 18.6 Å². The molecule has 0 unspecified atom stereocenters. The monoisotopic (exact) mass is 577 g/mol. The molecule has 0 N–H and O–H groups in total. The number of halogens is 4. The van der Waals surface area contributed by atoms with Gasteiger partial charge in [-0.15, -0.1) is 24.5 Å². The highest BCUT2D eigenvalue weighted by atomic mass is 79.9. The summed E-state index contributed by atoms with van der Waals surface area (Å²) in [7, 11) is -3.67. The van der Waals surface area contributed by atoms with Crippen molar-refractivity contribution in [3.05, 3.63) is 69.5 Å². The van der Waals surface area contributed by atoms with Gasteiger partial charge in [0.2, 0.25) is 10.0 Å². The molecule has 0 aliphatic carbocycles. The molecule has 0 bridgehead atoms. The summed E-state index contributed by atoms with van der Waals surface area (Å²) >= 11 is 4.73. The minimum absolute atomic E-state index is 0.235. The molecule has 1 heterocycles. The molecule has 11 heteroatoms. The summed E-state index contributed by atoms with van der Waals surface area (Å²) in [6.07, 6.45) is -3.74. The maximum Gasteiger partial charge on any atom is 0.573 e. The molecule has 0 aliphatic heterocycles. The van der Waals surface area contributed by atoms with Gasteiger partial charge in [-0.3, -0.25) is 0 Å². The molecule has 0 saturated carbocycles. The fourth-order valence-electron chi connectivity index (χ4n) is 3.46. The number of ether oxygens (including phenoxy) is 2. The zero-order chi connectivity index (χ0) is 25.3. The molecule has 0 amide bonds. The lowest BCUT2D eigenvalue weighted by molar-refractivity contribution is -0.274. The first-order chi connectivity index (χ1) is 15.7. The zero-order valence-corrected chi connectivity index (χ0v) is 22.0. The van der Waals surface area contributed by atoms with Crippen LogP contribution >= 0.6 is 27.3 Å². The van der Waals surface area contributed by atoms with Crippen molar-refractivity contribution >= 4 is 48.0 Å². The van der Waals surface area contributed by atoms with Crippen molar-refractivity contribution in [2.24, 2.45) is 0 Å². The third-order valence-electron chi connectivity index (χ3n) is 5.02. The summed E-state index contributed by atoms with van der Waals surface area (Å²) in [5, 5.41) is 2.29. The molecular weight excluding hydrogens is 555 g/mol. The largest absolute Gasteiger partial charge is 0.573 e. The Labute approximate surface area is 209 Å². The Bertz CT molecular complexity index is 1260. The smallest absolute Gasteiger partial charge is 0.494 e. The van der Waals surface area contributed by atoms with Gasteiger partial charge in [0.25, 0.3) is 0 Å². The van der Waals surface area contributed by atoms with E-state index >= 15 is 0 Å². The van der Waals surface area contributed by atoms with Crippen LogP contribution in [0, 0.1) is 0 Å². The normalized spacial score (nSPS) is 12.5. The summed E-state index contributed by atoms with van der Waals surface area (Å²) in [5.74, 6) is -0.160. The molecule has 184 valence electrons. The number of hydrogen-bond donors (Lipinski definition) is 0. The Morgan fingerprint density at radius 2 is 1.68 bits per heavy atom. The molecule has 0 spiro atoms. The molecule has 34 heavy (non-hydrogen) atoms. The number of rotatable bonds is 8. The van der Waals surface area contributed by atoms with Gasteiger partial charge in [0, 0.05) is 16.0 Å². The first kappa shape index (κ1) is 26.4. The van der Waals surface area contributed by atoms with Gasteiger partial charge in [-0.25, -0.2) is 12.7 Å². The van der Waals surface area contributed by atoms with Crippen LogP contribution in [0.15, 0.2) is 58.4 Å². The summed E-state index contributed by atoms with van der Waals surface area (Å²) in [5.41, 5.74) is 0.737. The van der Waals surface area contributed by atoms with Crippen LogP contribution in [0.5, 0.6) is 11.5 Å². The number of anilines is 2. The standard InChI is InChI=1S/C23H23BrF3NO4S2/c1-5-31-19-11-16(12-20(14-19)32-23(25,26)27)22(2,3)15-9-17(24)13-18(10-15)28(34(4,29)30)21-7-6-8-33-21/h6-14H,5H2,1-4H3. The predicted octanol–water partition coefficient (Wildman–Crippen LogP) is 7.23. The number of thiophene rings is 1. The molecule has 3 rings (SSSR count). The highest BCUT2D eigenvalue weighted by Crippen LogP contribution is 2.41. The van der Waals surface area contributed by atoms with Crippen molar-refractivity contribution in [1.29, 1.82) is 0 Å². The third-order valence-corrected chi connectivity index (χ3v) is 7.52. The third kappa shape index (κ3) is 6.25. The Kier molecular flexibility index (Phi) is 7.59. The van der Waals surface area contributed by atoms with Crippen molar-refractivity contribution in [1.82, 2.24) is 0 Å². The lowest BCUT2D eigenvalue weighted by Gasteiger charge is -2.29. The van der Waals surface area contributed by atoms with Crippen LogP contribution in [-0.4, -0.2) is 27.6 Å². The Morgan fingerprint density at radius 1 is 1.03 bits per heavy atom. The van der Waals surface area contributed by atoms with E-state index in [2.05, 4.69) is 20.7 Å². The van der Waals surface area contributed by atoms with Gasteiger partial charge in [0.15, 0.2) is 0 Å². The average Bonchev–Trinajstić information content (AvgIpc) is 3.19. The SMILES string of the molecule is CCOc1cc(OC(F)(F)F)cc(C(C)(C)c2cc(Br)cc(N(c3cccs3)S(C)(=O)=O)c2)c1. The van der Waals surface area contributed by atoms with E-state index in [0.29, 0.717) is 26.3 Å². The second kappa shape index (κ2) is 9.79. The lowest BCUT2D eigenvalue weighted by Crippen LogP contribution is -2.25. The number of sulfonamides is 1. The van der Waals surface area contributed by atoms with Crippen molar-refractivity contribution in [3.8, 4) is 11.5 Å². The van der Waals surface area contributed by atoms with Crippen molar-refractivity contribution in [3.63, 3.8) is 0 Å². The van der Waals surface area contributed by atoms with E-state index in [1.165, 1.54) is 27.8 Å². The summed E-state index contributed by atoms with van der Waals surface area (Å²) in [6, 6.07) is 12.8. The van der Waals surface area contributed by atoms with Crippen LogP contribution < -0.4 is 13.8 Å². The van der Waals surface area contributed by atoms with Gasteiger partial charge >= 0.3 is 6.36 Å². The maximum atomic E-state index is 12.9. The van der Waals surface area contributed by atoms with Crippen LogP contribution in [0.25, 0.3) is 0 Å². The maximum absolute atomic E-state index is 12.9. The quantitative estimate of drug-likeness (QED) is 0.283. The zero-order valence-electron chi connectivity index (χ0n) is 18.8. The van der Waals surface area contributed by atoms with Gasteiger partial charge in [-0.2, -0.15) is 0 Å². The molecule has 5 nitrogen and oxygen atoms in total. The lowest BCUT2D eigenvalue weighted by atomic mass is 9.78. The highest BCUT2D eigenvalue weighted by molar-refractivity contribution is 9.10. The van der Waals surface area contributed by atoms with Crippen LogP contribution in [-0.2, 0) is 15.4 Å². The number of benzene rings is 2. The van der Waals surface area contributed by atoms with E-state index in [1.54, 1.807) is 48.7 Å². The molecule has 2 aromatic carbocycles. The topological polar surface area (TPSA) is 55.8 Å². The molecule has 0 atom stereocenters. The van der Waals surface area contributed by atoms with Gasteiger partial charge in [-0.1, -0.05) is 29.8 Å². The van der Waals surface area contributed by atoms with E-state index in [1.807, 2.05) is 13.8 Å². The minimum atomic E-state index is -4.86. The highest BCUT2D eigenvalue weighted by Gasteiger charge is 2.33. The number of alkyl halides is 3. The van der Waals surface area contributed by atoms with E-state index in [4.69, 9.17) is 4.74 Å².